The fourth-order valence-electron chi connectivity index (χ4n) is 3.50. The molecular weight excluding hydrogens is 316 g/mol. The van der Waals surface area contributed by atoms with Crippen LogP contribution in [0.15, 0.2) is 18.2 Å². The molecule has 0 aromatic heterocycles. The van der Waals surface area contributed by atoms with E-state index in [0.717, 1.165) is 31.2 Å². The minimum absolute atomic E-state index is 0.0367. The van der Waals surface area contributed by atoms with Crippen LogP contribution in [-0.4, -0.2) is 37.3 Å². The third-order valence-corrected chi connectivity index (χ3v) is 6.39. The van der Waals surface area contributed by atoms with Gasteiger partial charge >= 0.3 is 10.2 Å². The average molecular weight is 340 g/mol. The summed E-state index contributed by atoms with van der Waals surface area (Å²) in [4.78, 5) is 0. The van der Waals surface area contributed by atoms with Crippen molar-refractivity contribution in [3.05, 3.63) is 23.8 Å². The molecule has 0 spiro atoms. The van der Waals surface area contributed by atoms with Crippen molar-refractivity contribution in [3.8, 4) is 5.75 Å². The molecule has 3 rings (SSSR count). The quantitative estimate of drug-likeness (QED) is 0.778. The number of aryl methyl sites for hydroxylation is 1. The first-order chi connectivity index (χ1) is 10.9. The van der Waals surface area contributed by atoms with E-state index in [2.05, 4.69) is 4.72 Å². The van der Waals surface area contributed by atoms with Gasteiger partial charge in [0.25, 0.3) is 0 Å². The van der Waals surface area contributed by atoms with Gasteiger partial charge in [-0.1, -0.05) is 25.3 Å². The Morgan fingerprint density at radius 2 is 1.96 bits per heavy atom. The highest BCUT2D eigenvalue weighted by molar-refractivity contribution is 7.91. The molecule has 3 N–H and O–H groups in total. The van der Waals surface area contributed by atoms with E-state index in [-0.39, 0.29) is 5.75 Å². The molecule has 0 unspecified atom stereocenters. The number of aromatic hydroxyl groups is 1. The number of phenols is 1. The second-order valence-electron chi connectivity index (χ2n) is 6.58. The maximum absolute atomic E-state index is 11.8. The van der Waals surface area contributed by atoms with Crippen LogP contribution >= 0.6 is 0 Å². The van der Waals surface area contributed by atoms with E-state index < -0.39 is 15.8 Å². The first-order valence-corrected chi connectivity index (χ1v) is 9.65. The van der Waals surface area contributed by atoms with Crippen LogP contribution in [-0.2, 0) is 16.6 Å². The highest BCUT2D eigenvalue weighted by atomic mass is 32.2. The summed E-state index contributed by atoms with van der Waals surface area (Å²) in [5.74, 6) is -0.0367. The summed E-state index contributed by atoms with van der Waals surface area (Å²) < 4.78 is 27.3. The number of nitrogens with zero attached hydrogens (tertiary/aromatic N) is 1. The van der Waals surface area contributed by atoms with Crippen LogP contribution in [0.5, 0.6) is 5.75 Å². The number of phenolic OH excluding ortho intramolecular Hbond substituents is 1. The lowest BCUT2D eigenvalue weighted by atomic mass is 9.81. The molecule has 0 radical (unpaired) electrons. The van der Waals surface area contributed by atoms with Crippen molar-refractivity contribution in [1.82, 2.24) is 4.72 Å². The number of hydrogen-bond donors (Lipinski definition) is 3. The SMILES string of the molecule is O=S1(=O)NCCN1c1ccc(CCC2(O)CCCCC2)cc1O. The highest BCUT2D eigenvalue weighted by Gasteiger charge is 2.31. The predicted octanol–water partition coefficient (Wildman–Crippen LogP) is 1.67. The van der Waals surface area contributed by atoms with Gasteiger partial charge in [0, 0.05) is 13.1 Å². The van der Waals surface area contributed by atoms with Crippen molar-refractivity contribution < 1.29 is 18.6 Å². The molecule has 1 saturated carbocycles. The molecule has 0 atom stereocenters. The van der Waals surface area contributed by atoms with E-state index in [4.69, 9.17) is 0 Å². The average Bonchev–Trinajstić information content (AvgIpc) is 2.86. The van der Waals surface area contributed by atoms with Gasteiger partial charge < -0.3 is 10.2 Å². The van der Waals surface area contributed by atoms with Crippen molar-refractivity contribution in [2.45, 2.75) is 50.5 Å². The Hall–Kier alpha value is -1.31. The Morgan fingerprint density at radius 1 is 1.22 bits per heavy atom. The van der Waals surface area contributed by atoms with Crippen LogP contribution in [0.4, 0.5) is 5.69 Å². The molecule has 2 fully saturated rings. The Bertz CT molecular complexity index is 669. The molecule has 1 aliphatic carbocycles. The number of hydrogen-bond acceptors (Lipinski definition) is 4. The van der Waals surface area contributed by atoms with E-state index in [1.807, 2.05) is 6.07 Å². The Morgan fingerprint density at radius 3 is 2.57 bits per heavy atom. The lowest BCUT2D eigenvalue weighted by Crippen LogP contribution is -2.31. The maximum atomic E-state index is 11.8. The molecule has 7 heteroatoms. The molecule has 0 amide bonds. The summed E-state index contributed by atoms with van der Waals surface area (Å²) in [7, 11) is -3.53. The Labute approximate surface area is 137 Å². The smallest absolute Gasteiger partial charge is 0.301 e. The minimum Gasteiger partial charge on any atom is -0.506 e. The van der Waals surface area contributed by atoms with Crippen LogP contribution in [0.2, 0.25) is 0 Å². The second kappa shape index (κ2) is 6.30. The van der Waals surface area contributed by atoms with Crippen molar-refractivity contribution in [3.63, 3.8) is 0 Å². The van der Waals surface area contributed by atoms with Gasteiger partial charge in [0.2, 0.25) is 0 Å². The maximum Gasteiger partial charge on any atom is 0.301 e. The Kier molecular flexibility index (Phi) is 4.53. The normalized spacial score (nSPS) is 23.1. The molecule has 1 heterocycles. The number of anilines is 1. The summed E-state index contributed by atoms with van der Waals surface area (Å²) in [5, 5.41) is 20.7. The summed E-state index contributed by atoms with van der Waals surface area (Å²) in [5.41, 5.74) is 0.624. The topological polar surface area (TPSA) is 89.9 Å². The van der Waals surface area contributed by atoms with Gasteiger partial charge in [0.1, 0.15) is 5.75 Å². The van der Waals surface area contributed by atoms with E-state index in [9.17, 15) is 18.6 Å². The zero-order chi connectivity index (χ0) is 16.5. The van der Waals surface area contributed by atoms with Crippen LogP contribution < -0.4 is 9.03 Å². The molecule has 1 saturated heterocycles. The van der Waals surface area contributed by atoms with Crippen molar-refractivity contribution in [1.29, 1.82) is 0 Å². The third kappa shape index (κ3) is 3.62. The highest BCUT2D eigenvalue weighted by Crippen LogP contribution is 2.34. The summed E-state index contributed by atoms with van der Waals surface area (Å²) in [6, 6.07) is 5.07. The van der Waals surface area contributed by atoms with Gasteiger partial charge in [0.05, 0.1) is 11.3 Å². The molecule has 23 heavy (non-hydrogen) atoms. The standard InChI is InChI=1S/C16H24N2O4S/c19-15-12-13(6-9-16(20)7-2-1-3-8-16)4-5-14(15)18-11-10-17-23(18,21)22/h4-5,12,17,19-20H,1-3,6-11H2. The van der Waals surface area contributed by atoms with E-state index in [1.165, 1.54) is 10.7 Å². The molecule has 1 aromatic carbocycles. The number of aliphatic hydroxyl groups is 1. The fraction of sp³-hybridized carbons (Fsp3) is 0.625. The monoisotopic (exact) mass is 340 g/mol. The number of nitrogens with one attached hydrogen (secondary N) is 1. The molecule has 6 nitrogen and oxygen atoms in total. The number of benzene rings is 1. The number of rotatable bonds is 4. The third-order valence-electron chi connectivity index (χ3n) is 4.86. The molecule has 1 aliphatic heterocycles. The second-order valence-corrected chi connectivity index (χ2v) is 8.26. The van der Waals surface area contributed by atoms with Gasteiger partial charge in [0.15, 0.2) is 0 Å². The molecule has 0 bridgehead atoms. The fourth-order valence-corrected chi connectivity index (χ4v) is 4.75. The molecule has 128 valence electrons. The van der Waals surface area contributed by atoms with Gasteiger partial charge in [-0.25, -0.2) is 0 Å². The van der Waals surface area contributed by atoms with Crippen LogP contribution in [0, 0.1) is 0 Å². The molecule has 2 aliphatic rings. The first kappa shape index (κ1) is 16.5. The molecular formula is C16H24N2O4S. The first-order valence-electron chi connectivity index (χ1n) is 8.21. The lowest BCUT2D eigenvalue weighted by Gasteiger charge is -2.32. The largest absolute Gasteiger partial charge is 0.506 e. The lowest BCUT2D eigenvalue weighted by molar-refractivity contribution is -0.00343. The summed E-state index contributed by atoms with van der Waals surface area (Å²) >= 11 is 0. The van der Waals surface area contributed by atoms with Gasteiger partial charge in [-0.3, -0.25) is 4.31 Å². The van der Waals surface area contributed by atoms with E-state index >= 15 is 0 Å². The Balaban J connectivity index is 1.70. The summed E-state index contributed by atoms with van der Waals surface area (Å²) in [6.07, 6.45) is 6.37. The van der Waals surface area contributed by atoms with Crippen LogP contribution in [0.25, 0.3) is 0 Å². The van der Waals surface area contributed by atoms with Gasteiger partial charge in [-0.2, -0.15) is 13.1 Å². The molecule has 1 aromatic rings. The van der Waals surface area contributed by atoms with Crippen LogP contribution in [0.3, 0.4) is 0 Å². The van der Waals surface area contributed by atoms with E-state index in [1.54, 1.807) is 12.1 Å². The van der Waals surface area contributed by atoms with Crippen LogP contribution in [0.1, 0.15) is 44.1 Å². The predicted molar refractivity (Wildman–Crippen MR) is 88.7 cm³/mol. The zero-order valence-electron chi connectivity index (χ0n) is 13.2. The minimum atomic E-state index is -3.53. The van der Waals surface area contributed by atoms with E-state index in [0.29, 0.717) is 31.6 Å². The van der Waals surface area contributed by atoms with Crippen molar-refractivity contribution in [2.24, 2.45) is 0 Å². The van der Waals surface area contributed by atoms with Gasteiger partial charge in [-0.15, -0.1) is 0 Å². The summed E-state index contributed by atoms with van der Waals surface area (Å²) in [6.45, 7) is 0.658. The zero-order valence-corrected chi connectivity index (χ0v) is 14.0. The van der Waals surface area contributed by atoms with Gasteiger partial charge in [-0.05, 0) is 43.4 Å². The van der Waals surface area contributed by atoms with Crippen molar-refractivity contribution in [2.75, 3.05) is 17.4 Å². The van der Waals surface area contributed by atoms with Crippen molar-refractivity contribution >= 4 is 15.9 Å².